The van der Waals surface area contributed by atoms with Gasteiger partial charge in [0.1, 0.15) is 11.6 Å². The van der Waals surface area contributed by atoms with Crippen LogP contribution < -0.4 is 5.32 Å². The first-order valence-electron chi connectivity index (χ1n) is 7.32. The van der Waals surface area contributed by atoms with Crippen molar-refractivity contribution in [3.05, 3.63) is 53.9 Å². The Bertz CT molecular complexity index is 770. The number of hydrogen-bond acceptors (Lipinski definition) is 6. The van der Waals surface area contributed by atoms with Crippen molar-refractivity contribution in [1.82, 2.24) is 20.3 Å². The molecule has 0 aliphatic rings. The smallest absolute Gasteiger partial charge is 0.223 e. The Labute approximate surface area is 132 Å². The fraction of sp³-hybridized carbons (Fsp3) is 0.250. The van der Waals surface area contributed by atoms with Gasteiger partial charge in [0, 0.05) is 12.5 Å². The van der Waals surface area contributed by atoms with Gasteiger partial charge in [-0.2, -0.15) is 4.98 Å². The highest BCUT2D eigenvalue weighted by atomic mass is 19.1. The standard InChI is InChI=1S/C16H16FN5O/c1-3-13(16-18-10(2)23-22-16)19-15-9-8-14(20-21-15)11-4-6-12(17)7-5-11/h4-9,13H,3H2,1-2H3,(H,19,21). The van der Waals surface area contributed by atoms with E-state index in [9.17, 15) is 4.39 Å². The van der Waals surface area contributed by atoms with Crippen molar-refractivity contribution in [2.75, 3.05) is 5.32 Å². The van der Waals surface area contributed by atoms with E-state index in [-0.39, 0.29) is 11.9 Å². The quantitative estimate of drug-likeness (QED) is 0.776. The third-order valence-electron chi connectivity index (χ3n) is 3.39. The molecule has 7 heteroatoms. The largest absolute Gasteiger partial charge is 0.358 e. The average Bonchev–Trinajstić information content (AvgIpc) is 3.00. The molecular weight excluding hydrogens is 297 g/mol. The summed E-state index contributed by atoms with van der Waals surface area (Å²) in [6, 6.07) is 9.69. The molecule has 3 rings (SSSR count). The highest BCUT2D eigenvalue weighted by Crippen LogP contribution is 2.21. The maximum absolute atomic E-state index is 12.9. The molecule has 2 aromatic heterocycles. The van der Waals surface area contributed by atoms with Crippen LogP contribution >= 0.6 is 0 Å². The lowest BCUT2D eigenvalue weighted by atomic mass is 10.1. The van der Waals surface area contributed by atoms with Crippen LogP contribution in [0.3, 0.4) is 0 Å². The number of rotatable bonds is 5. The lowest BCUT2D eigenvalue weighted by Gasteiger charge is -2.13. The molecule has 1 aromatic carbocycles. The van der Waals surface area contributed by atoms with Gasteiger partial charge < -0.3 is 9.84 Å². The Morgan fingerprint density at radius 1 is 1.13 bits per heavy atom. The van der Waals surface area contributed by atoms with E-state index in [1.54, 1.807) is 19.1 Å². The number of aryl methyl sites for hydroxylation is 1. The van der Waals surface area contributed by atoms with Crippen LogP contribution in [0.5, 0.6) is 0 Å². The molecule has 118 valence electrons. The van der Waals surface area contributed by atoms with E-state index in [4.69, 9.17) is 4.52 Å². The van der Waals surface area contributed by atoms with Crippen LogP contribution in [0.15, 0.2) is 40.9 Å². The molecule has 0 saturated carbocycles. The van der Waals surface area contributed by atoms with E-state index in [0.717, 1.165) is 12.0 Å². The average molecular weight is 313 g/mol. The first kappa shape index (κ1) is 15.1. The Morgan fingerprint density at radius 2 is 1.91 bits per heavy atom. The fourth-order valence-corrected chi connectivity index (χ4v) is 2.17. The van der Waals surface area contributed by atoms with E-state index in [1.165, 1.54) is 12.1 Å². The van der Waals surface area contributed by atoms with Crippen molar-refractivity contribution < 1.29 is 8.91 Å². The molecule has 0 aliphatic carbocycles. The third-order valence-corrected chi connectivity index (χ3v) is 3.39. The first-order valence-corrected chi connectivity index (χ1v) is 7.32. The highest BCUT2D eigenvalue weighted by molar-refractivity contribution is 5.59. The molecule has 6 nitrogen and oxygen atoms in total. The Morgan fingerprint density at radius 3 is 2.48 bits per heavy atom. The van der Waals surface area contributed by atoms with Crippen LogP contribution in [-0.2, 0) is 0 Å². The number of hydrogen-bond donors (Lipinski definition) is 1. The number of anilines is 1. The van der Waals surface area contributed by atoms with Gasteiger partial charge in [-0.05, 0) is 42.8 Å². The second-order valence-electron chi connectivity index (χ2n) is 5.09. The molecular formula is C16H16FN5O. The summed E-state index contributed by atoms with van der Waals surface area (Å²) in [7, 11) is 0. The monoisotopic (exact) mass is 313 g/mol. The van der Waals surface area contributed by atoms with Crippen molar-refractivity contribution in [3.8, 4) is 11.3 Å². The molecule has 0 fully saturated rings. The van der Waals surface area contributed by atoms with E-state index in [2.05, 4.69) is 25.7 Å². The fourth-order valence-electron chi connectivity index (χ4n) is 2.17. The van der Waals surface area contributed by atoms with Crippen molar-refractivity contribution in [3.63, 3.8) is 0 Å². The summed E-state index contributed by atoms with van der Waals surface area (Å²) in [6.45, 7) is 3.77. The van der Waals surface area contributed by atoms with E-state index in [1.807, 2.05) is 19.1 Å². The number of nitrogens with one attached hydrogen (secondary N) is 1. The van der Waals surface area contributed by atoms with Crippen molar-refractivity contribution in [2.45, 2.75) is 26.3 Å². The Kier molecular flexibility index (Phi) is 4.27. The molecule has 23 heavy (non-hydrogen) atoms. The van der Waals surface area contributed by atoms with Crippen LogP contribution in [0, 0.1) is 12.7 Å². The minimum atomic E-state index is -0.277. The van der Waals surface area contributed by atoms with E-state index in [0.29, 0.717) is 23.2 Å². The van der Waals surface area contributed by atoms with Gasteiger partial charge in [0.25, 0.3) is 0 Å². The van der Waals surface area contributed by atoms with Crippen LogP contribution in [0.1, 0.15) is 31.1 Å². The normalized spacial score (nSPS) is 12.1. The van der Waals surface area contributed by atoms with Gasteiger partial charge in [0.2, 0.25) is 5.89 Å². The molecule has 0 spiro atoms. The summed E-state index contributed by atoms with van der Waals surface area (Å²) < 4.78 is 18.0. The zero-order valence-electron chi connectivity index (χ0n) is 12.8. The van der Waals surface area contributed by atoms with Crippen LogP contribution in [-0.4, -0.2) is 20.3 Å². The van der Waals surface area contributed by atoms with Crippen molar-refractivity contribution >= 4 is 5.82 Å². The molecule has 0 saturated heterocycles. The predicted octanol–water partition coefficient (Wildman–Crippen LogP) is 3.54. The second-order valence-corrected chi connectivity index (χ2v) is 5.09. The molecule has 1 atom stereocenters. The van der Waals surface area contributed by atoms with Gasteiger partial charge in [-0.25, -0.2) is 4.39 Å². The summed E-state index contributed by atoms with van der Waals surface area (Å²) in [5, 5.41) is 15.5. The Hall–Kier alpha value is -2.83. The highest BCUT2D eigenvalue weighted by Gasteiger charge is 2.16. The zero-order chi connectivity index (χ0) is 16.2. The summed E-state index contributed by atoms with van der Waals surface area (Å²) in [4.78, 5) is 4.23. The van der Waals surface area contributed by atoms with Crippen molar-refractivity contribution in [1.29, 1.82) is 0 Å². The van der Waals surface area contributed by atoms with Crippen LogP contribution in [0.25, 0.3) is 11.3 Å². The van der Waals surface area contributed by atoms with Crippen LogP contribution in [0.2, 0.25) is 0 Å². The lowest BCUT2D eigenvalue weighted by molar-refractivity contribution is 0.384. The van der Waals surface area contributed by atoms with Crippen molar-refractivity contribution in [2.24, 2.45) is 0 Å². The molecule has 0 radical (unpaired) electrons. The number of aromatic nitrogens is 4. The maximum Gasteiger partial charge on any atom is 0.223 e. The molecule has 2 heterocycles. The maximum atomic E-state index is 12.9. The third kappa shape index (κ3) is 3.50. The minimum Gasteiger partial charge on any atom is -0.358 e. The molecule has 1 unspecified atom stereocenters. The number of halogens is 1. The second kappa shape index (κ2) is 6.51. The van der Waals surface area contributed by atoms with Gasteiger partial charge >= 0.3 is 0 Å². The van der Waals surface area contributed by atoms with Gasteiger partial charge in [-0.1, -0.05) is 12.1 Å². The first-order chi connectivity index (χ1) is 11.2. The summed E-state index contributed by atoms with van der Waals surface area (Å²) >= 11 is 0. The number of benzene rings is 1. The van der Waals surface area contributed by atoms with Gasteiger partial charge in [-0.15, -0.1) is 10.2 Å². The number of nitrogens with zero attached hydrogens (tertiary/aromatic N) is 4. The molecule has 0 aliphatic heterocycles. The molecule has 3 aromatic rings. The SMILES string of the molecule is CCC(Nc1ccc(-c2ccc(F)cc2)nn1)c1noc(C)n1. The van der Waals surface area contributed by atoms with Gasteiger partial charge in [0.15, 0.2) is 5.82 Å². The summed E-state index contributed by atoms with van der Waals surface area (Å²) in [6.07, 6.45) is 0.778. The molecule has 1 N–H and O–H groups in total. The van der Waals surface area contributed by atoms with E-state index >= 15 is 0 Å². The molecule has 0 bridgehead atoms. The lowest BCUT2D eigenvalue weighted by Crippen LogP contribution is -2.12. The van der Waals surface area contributed by atoms with Gasteiger partial charge in [0.05, 0.1) is 11.7 Å². The summed E-state index contributed by atoms with van der Waals surface area (Å²) in [5.41, 5.74) is 1.49. The zero-order valence-corrected chi connectivity index (χ0v) is 12.8. The Balaban J connectivity index is 1.75. The summed E-state index contributed by atoms with van der Waals surface area (Å²) in [5.74, 6) is 1.46. The topological polar surface area (TPSA) is 76.7 Å². The minimum absolute atomic E-state index is 0.0987. The van der Waals surface area contributed by atoms with Gasteiger partial charge in [-0.3, -0.25) is 0 Å². The predicted molar refractivity (Wildman–Crippen MR) is 83.1 cm³/mol. The molecule has 0 amide bonds. The van der Waals surface area contributed by atoms with E-state index < -0.39 is 0 Å². The van der Waals surface area contributed by atoms with Crippen LogP contribution in [0.4, 0.5) is 10.2 Å².